The van der Waals surface area contributed by atoms with Crippen LogP contribution in [0.15, 0.2) is 48.7 Å². The molecule has 1 fully saturated rings. The van der Waals surface area contributed by atoms with Crippen molar-refractivity contribution in [3.8, 4) is 17.3 Å². The van der Waals surface area contributed by atoms with Crippen molar-refractivity contribution in [1.82, 2.24) is 24.5 Å². The zero-order valence-electron chi connectivity index (χ0n) is 18.8. The van der Waals surface area contributed by atoms with E-state index in [1.807, 2.05) is 38.1 Å². The van der Waals surface area contributed by atoms with Gasteiger partial charge in [0.15, 0.2) is 11.5 Å². The lowest BCUT2D eigenvalue weighted by Gasteiger charge is -2.30. The third-order valence-electron chi connectivity index (χ3n) is 5.95. The van der Waals surface area contributed by atoms with Gasteiger partial charge in [0.2, 0.25) is 0 Å². The SMILES string of the molecule is CC(C)Oc1cccc2ccc(-c3nnc4ccc(C(N5CCC(N)C5)C(F)(F)F)cn34)nc12. The Balaban J connectivity index is 1.60. The molecule has 34 heavy (non-hydrogen) atoms. The van der Waals surface area contributed by atoms with Gasteiger partial charge in [-0.1, -0.05) is 24.3 Å². The van der Waals surface area contributed by atoms with Crippen molar-refractivity contribution >= 4 is 16.6 Å². The number of rotatable bonds is 5. The van der Waals surface area contributed by atoms with E-state index in [1.165, 1.54) is 17.2 Å². The van der Waals surface area contributed by atoms with E-state index in [-0.39, 0.29) is 24.3 Å². The van der Waals surface area contributed by atoms with Gasteiger partial charge in [0, 0.05) is 30.7 Å². The molecule has 4 heterocycles. The molecule has 0 saturated carbocycles. The van der Waals surface area contributed by atoms with Crippen molar-refractivity contribution in [3.05, 3.63) is 54.2 Å². The van der Waals surface area contributed by atoms with Crippen LogP contribution in [0.1, 0.15) is 31.9 Å². The second-order valence-corrected chi connectivity index (χ2v) is 8.89. The first kappa shape index (κ1) is 22.5. The summed E-state index contributed by atoms with van der Waals surface area (Å²) in [4.78, 5) is 6.12. The number of para-hydroxylation sites is 1. The smallest absolute Gasteiger partial charge is 0.408 e. The fourth-order valence-electron chi connectivity index (χ4n) is 4.49. The predicted octanol–water partition coefficient (Wildman–Crippen LogP) is 4.37. The summed E-state index contributed by atoms with van der Waals surface area (Å²) < 4.78 is 49.8. The molecule has 2 unspecified atom stereocenters. The highest BCUT2D eigenvalue weighted by atomic mass is 19.4. The number of pyridine rings is 2. The Hall–Kier alpha value is -3.24. The highest BCUT2D eigenvalue weighted by molar-refractivity contribution is 5.86. The van der Waals surface area contributed by atoms with Crippen molar-refractivity contribution in [2.45, 2.75) is 44.6 Å². The van der Waals surface area contributed by atoms with Crippen molar-refractivity contribution in [3.63, 3.8) is 0 Å². The van der Waals surface area contributed by atoms with Gasteiger partial charge in [-0.05, 0) is 44.0 Å². The maximum atomic E-state index is 14.1. The summed E-state index contributed by atoms with van der Waals surface area (Å²) in [5, 5.41) is 9.26. The number of nitrogens with two attached hydrogens (primary N) is 1. The van der Waals surface area contributed by atoms with Crippen molar-refractivity contribution in [1.29, 1.82) is 0 Å². The first-order valence-corrected chi connectivity index (χ1v) is 11.2. The minimum absolute atomic E-state index is 0.0365. The lowest BCUT2D eigenvalue weighted by Crippen LogP contribution is -2.38. The molecule has 178 valence electrons. The van der Waals surface area contributed by atoms with E-state index in [4.69, 9.17) is 15.5 Å². The van der Waals surface area contributed by atoms with Gasteiger partial charge in [0.05, 0.1) is 6.10 Å². The quantitative estimate of drug-likeness (QED) is 0.467. The number of ether oxygens (including phenoxy) is 1. The summed E-state index contributed by atoms with van der Waals surface area (Å²) in [6.07, 6.45) is -2.50. The van der Waals surface area contributed by atoms with Gasteiger partial charge >= 0.3 is 6.18 Å². The first-order chi connectivity index (χ1) is 16.2. The van der Waals surface area contributed by atoms with E-state index in [0.717, 1.165) is 5.39 Å². The molecule has 10 heteroatoms. The fraction of sp³-hybridized carbons (Fsp3) is 0.375. The van der Waals surface area contributed by atoms with Gasteiger partial charge in [0.25, 0.3) is 0 Å². The Bertz CT molecular complexity index is 1340. The molecule has 0 spiro atoms. The minimum Gasteiger partial charge on any atom is -0.489 e. The summed E-state index contributed by atoms with van der Waals surface area (Å²) in [7, 11) is 0. The molecule has 5 rings (SSSR count). The number of halogens is 3. The first-order valence-electron chi connectivity index (χ1n) is 11.2. The lowest BCUT2D eigenvalue weighted by atomic mass is 10.1. The molecule has 0 bridgehead atoms. The Kier molecular flexibility index (Phi) is 5.65. The molecule has 0 aliphatic carbocycles. The normalized spacial score (nSPS) is 18.3. The maximum Gasteiger partial charge on any atom is 0.408 e. The molecule has 0 amide bonds. The molecule has 1 aromatic carbocycles. The molecule has 0 radical (unpaired) electrons. The van der Waals surface area contributed by atoms with E-state index in [9.17, 15) is 13.2 Å². The Morgan fingerprint density at radius 2 is 1.91 bits per heavy atom. The van der Waals surface area contributed by atoms with E-state index < -0.39 is 12.2 Å². The number of aromatic nitrogens is 4. The number of nitrogens with zero attached hydrogens (tertiary/aromatic N) is 5. The van der Waals surface area contributed by atoms with Crippen LogP contribution in [0.25, 0.3) is 28.1 Å². The van der Waals surface area contributed by atoms with Gasteiger partial charge in [-0.2, -0.15) is 13.2 Å². The van der Waals surface area contributed by atoms with Gasteiger partial charge < -0.3 is 10.5 Å². The Morgan fingerprint density at radius 3 is 2.62 bits per heavy atom. The lowest BCUT2D eigenvalue weighted by molar-refractivity contribution is -0.183. The zero-order valence-corrected chi connectivity index (χ0v) is 18.8. The third-order valence-corrected chi connectivity index (χ3v) is 5.95. The van der Waals surface area contributed by atoms with Crippen LogP contribution in [0.2, 0.25) is 0 Å². The molecule has 7 nitrogen and oxygen atoms in total. The number of benzene rings is 1. The molecular weight excluding hydrogens is 445 g/mol. The summed E-state index contributed by atoms with van der Waals surface area (Å²) in [5.74, 6) is 0.989. The van der Waals surface area contributed by atoms with Crippen molar-refractivity contribution in [2.75, 3.05) is 13.1 Å². The van der Waals surface area contributed by atoms with E-state index in [2.05, 4.69) is 10.2 Å². The number of hydrogen-bond donors (Lipinski definition) is 1. The topological polar surface area (TPSA) is 81.6 Å². The second-order valence-electron chi connectivity index (χ2n) is 8.89. The van der Waals surface area contributed by atoms with Gasteiger partial charge in [-0.25, -0.2) is 4.98 Å². The molecule has 3 aromatic heterocycles. The highest BCUT2D eigenvalue weighted by Gasteiger charge is 2.46. The predicted molar refractivity (Wildman–Crippen MR) is 122 cm³/mol. The van der Waals surface area contributed by atoms with Gasteiger partial charge in [-0.15, -0.1) is 10.2 Å². The average Bonchev–Trinajstić information content (AvgIpc) is 3.38. The van der Waals surface area contributed by atoms with Crippen LogP contribution >= 0.6 is 0 Å². The van der Waals surface area contributed by atoms with Crippen LogP contribution in [-0.4, -0.2) is 55.9 Å². The third kappa shape index (κ3) is 4.19. The molecule has 1 aliphatic heterocycles. The standard InChI is InChI=1S/C24H25F3N6O/c1-14(2)34-19-5-3-4-15-6-8-18(29-21(15)19)23-31-30-20-9-7-16(12-33(20)23)22(24(25,26)27)32-11-10-17(28)13-32/h3-9,12,14,17,22H,10-11,13,28H2,1-2H3. The largest absolute Gasteiger partial charge is 0.489 e. The number of hydrogen-bond acceptors (Lipinski definition) is 6. The fourth-order valence-corrected chi connectivity index (χ4v) is 4.49. The minimum atomic E-state index is -4.45. The van der Waals surface area contributed by atoms with Crippen LogP contribution in [0, 0.1) is 0 Å². The molecule has 2 N–H and O–H groups in total. The van der Waals surface area contributed by atoms with E-state index in [0.29, 0.717) is 41.4 Å². The number of likely N-dealkylation sites (tertiary alicyclic amines) is 1. The van der Waals surface area contributed by atoms with E-state index in [1.54, 1.807) is 16.5 Å². The molecule has 2 atom stereocenters. The summed E-state index contributed by atoms with van der Waals surface area (Å²) >= 11 is 0. The summed E-state index contributed by atoms with van der Waals surface area (Å²) in [5.41, 5.74) is 7.58. The summed E-state index contributed by atoms with van der Waals surface area (Å²) in [6.45, 7) is 4.35. The summed E-state index contributed by atoms with van der Waals surface area (Å²) in [6, 6.07) is 10.3. The monoisotopic (exact) mass is 470 g/mol. The van der Waals surface area contributed by atoms with Gasteiger partial charge in [0.1, 0.15) is 23.0 Å². The van der Waals surface area contributed by atoms with E-state index >= 15 is 0 Å². The van der Waals surface area contributed by atoms with Crippen LogP contribution in [0.4, 0.5) is 13.2 Å². The Labute approximate surface area is 194 Å². The second kappa shape index (κ2) is 8.52. The van der Waals surface area contributed by atoms with Crippen LogP contribution in [0.3, 0.4) is 0 Å². The average molecular weight is 470 g/mol. The number of alkyl halides is 3. The molecule has 4 aromatic rings. The van der Waals surface area contributed by atoms with Crippen LogP contribution in [0.5, 0.6) is 5.75 Å². The molecule has 1 aliphatic rings. The van der Waals surface area contributed by atoms with Crippen LogP contribution < -0.4 is 10.5 Å². The maximum absolute atomic E-state index is 14.1. The van der Waals surface area contributed by atoms with Crippen molar-refractivity contribution < 1.29 is 17.9 Å². The Morgan fingerprint density at radius 1 is 1.09 bits per heavy atom. The molecular formula is C24H25F3N6O. The zero-order chi connectivity index (χ0) is 24.0. The van der Waals surface area contributed by atoms with Crippen LogP contribution in [-0.2, 0) is 0 Å². The number of fused-ring (bicyclic) bond motifs is 2. The van der Waals surface area contributed by atoms with Crippen molar-refractivity contribution in [2.24, 2.45) is 5.73 Å². The van der Waals surface area contributed by atoms with Gasteiger partial charge in [-0.3, -0.25) is 9.30 Å². The highest BCUT2D eigenvalue weighted by Crippen LogP contribution is 2.39. The molecule has 1 saturated heterocycles.